The highest BCUT2D eigenvalue weighted by Gasteiger charge is 2.25. The molecule has 4 aromatic rings. The van der Waals surface area contributed by atoms with Gasteiger partial charge in [0.15, 0.2) is 0 Å². The number of hydrogen-bond donors (Lipinski definition) is 2. The van der Waals surface area contributed by atoms with Gasteiger partial charge >= 0.3 is 0 Å². The number of nitrogens with zero attached hydrogens (tertiary/aromatic N) is 2. The van der Waals surface area contributed by atoms with Crippen molar-refractivity contribution in [1.82, 2.24) is 14.9 Å². The lowest BCUT2D eigenvalue weighted by molar-refractivity contribution is -0.124. The van der Waals surface area contributed by atoms with Crippen molar-refractivity contribution in [3.8, 4) is 10.4 Å². The molecule has 7 nitrogen and oxygen atoms in total. The van der Waals surface area contributed by atoms with E-state index < -0.39 is 0 Å². The molecular formula is C27H24N4O3S. The highest BCUT2D eigenvalue weighted by atomic mass is 32.1. The first-order valence-electron chi connectivity index (χ1n) is 11.5. The largest absolute Gasteiger partial charge is 0.339 e. The first-order valence-corrected chi connectivity index (χ1v) is 12.3. The molecule has 0 saturated carbocycles. The summed E-state index contributed by atoms with van der Waals surface area (Å²) in [5, 5.41) is 3.24. The van der Waals surface area contributed by atoms with Gasteiger partial charge in [-0.25, -0.2) is 4.98 Å². The van der Waals surface area contributed by atoms with E-state index in [1.807, 2.05) is 48.5 Å². The summed E-state index contributed by atoms with van der Waals surface area (Å²) in [6, 6.07) is 18.9. The van der Waals surface area contributed by atoms with Crippen molar-refractivity contribution in [3.05, 3.63) is 82.4 Å². The number of likely N-dealkylation sites (tertiary alicyclic amines) is 1. The van der Waals surface area contributed by atoms with Crippen LogP contribution in [-0.4, -0.2) is 39.8 Å². The molecule has 0 aliphatic carbocycles. The van der Waals surface area contributed by atoms with Crippen LogP contribution in [0.15, 0.2) is 65.5 Å². The maximum Gasteiger partial charge on any atom is 0.259 e. The van der Waals surface area contributed by atoms with Gasteiger partial charge in [0, 0.05) is 30.6 Å². The highest BCUT2D eigenvalue weighted by molar-refractivity contribution is 7.21. The summed E-state index contributed by atoms with van der Waals surface area (Å²) >= 11 is 1.43. The molecule has 1 aliphatic heterocycles. The molecule has 2 aromatic heterocycles. The molecule has 2 amide bonds. The molecule has 176 valence electrons. The Balaban J connectivity index is 1.58. The minimum Gasteiger partial charge on any atom is -0.339 e. The fourth-order valence-corrected chi connectivity index (χ4v) is 5.20. The van der Waals surface area contributed by atoms with E-state index in [-0.39, 0.29) is 23.2 Å². The smallest absolute Gasteiger partial charge is 0.259 e. The van der Waals surface area contributed by atoms with Gasteiger partial charge < -0.3 is 15.2 Å². The lowest BCUT2D eigenvalue weighted by Gasteiger charge is -2.17. The van der Waals surface area contributed by atoms with E-state index in [0.717, 1.165) is 28.8 Å². The molecule has 0 atom stereocenters. The summed E-state index contributed by atoms with van der Waals surface area (Å²) in [6.45, 7) is 2.81. The van der Waals surface area contributed by atoms with Gasteiger partial charge in [-0.15, -0.1) is 11.3 Å². The number of carbonyl (C=O) groups is 2. The molecule has 1 fully saturated rings. The molecule has 2 aromatic carbocycles. The lowest BCUT2D eigenvalue weighted by Crippen LogP contribution is -2.29. The van der Waals surface area contributed by atoms with Crippen LogP contribution >= 0.6 is 11.3 Å². The summed E-state index contributed by atoms with van der Waals surface area (Å²) < 4.78 is 0. The van der Waals surface area contributed by atoms with Crippen LogP contribution in [0, 0.1) is 0 Å². The van der Waals surface area contributed by atoms with Crippen molar-refractivity contribution >= 4 is 50.7 Å². The van der Waals surface area contributed by atoms with Gasteiger partial charge in [-0.2, -0.15) is 0 Å². The predicted octanol–water partition coefficient (Wildman–Crippen LogP) is 4.77. The average molecular weight is 485 g/mol. The Hall–Kier alpha value is -4.04. The molecular weight excluding hydrogens is 460 g/mol. The van der Waals surface area contributed by atoms with E-state index >= 15 is 0 Å². The fourth-order valence-electron chi connectivity index (χ4n) is 4.16. The van der Waals surface area contributed by atoms with Crippen LogP contribution in [0.4, 0.5) is 5.69 Å². The van der Waals surface area contributed by atoms with Crippen molar-refractivity contribution < 1.29 is 9.59 Å². The Bertz CT molecular complexity index is 1480. The van der Waals surface area contributed by atoms with Crippen molar-refractivity contribution in [1.29, 1.82) is 0 Å². The minimum absolute atomic E-state index is 0.154. The number of H-pyrrole nitrogens is 1. The molecule has 0 spiro atoms. The highest BCUT2D eigenvalue weighted by Crippen LogP contribution is 2.31. The summed E-state index contributed by atoms with van der Waals surface area (Å²) in [5.41, 5.74) is 2.51. The number of aromatic nitrogens is 2. The number of amides is 2. The molecule has 2 N–H and O–H groups in total. The van der Waals surface area contributed by atoms with Crippen LogP contribution in [0.1, 0.15) is 31.2 Å². The van der Waals surface area contributed by atoms with Crippen LogP contribution in [-0.2, 0) is 9.59 Å². The quantitative estimate of drug-likeness (QED) is 0.399. The number of aromatic amines is 1. The second kappa shape index (κ2) is 9.68. The Labute approximate surface area is 206 Å². The maximum atomic E-state index is 13.5. The first kappa shape index (κ1) is 22.7. The molecule has 1 aliphatic rings. The number of rotatable bonds is 5. The third kappa shape index (κ3) is 4.93. The average Bonchev–Trinajstić information content (AvgIpc) is 3.54. The molecule has 0 radical (unpaired) electrons. The van der Waals surface area contributed by atoms with Gasteiger partial charge in [0.2, 0.25) is 5.91 Å². The Morgan fingerprint density at radius 3 is 2.46 bits per heavy atom. The molecule has 0 unspecified atom stereocenters. The van der Waals surface area contributed by atoms with E-state index in [1.54, 1.807) is 23.1 Å². The summed E-state index contributed by atoms with van der Waals surface area (Å²) in [5.74, 6) is -0.0540. The maximum absolute atomic E-state index is 13.5. The molecule has 3 heterocycles. The fraction of sp³-hybridized carbons (Fsp3) is 0.185. The van der Waals surface area contributed by atoms with Crippen molar-refractivity contribution in [2.24, 2.45) is 0 Å². The third-order valence-corrected chi connectivity index (χ3v) is 6.96. The van der Waals surface area contributed by atoms with Crippen LogP contribution in [0.2, 0.25) is 0 Å². The second-order valence-corrected chi connectivity index (χ2v) is 9.50. The minimum atomic E-state index is -0.274. The number of nitrogens with one attached hydrogen (secondary N) is 2. The molecule has 35 heavy (non-hydrogen) atoms. The predicted molar refractivity (Wildman–Crippen MR) is 140 cm³/mol. The van der Waals surface area contributed by atoms with Gasteiger partial charge in [0.05, 0.1) is 11.0 Å². The van der Waals surface area contributed by atoms with E-state index in [4.69, 9.17) is 4.98 Å². The van der Waals surface area contributed by atoms with E-state index in [9.17, 15) is 14.4 Å². The molecule has 0 bridgehead atoms. The standard InChI is InChI=1S/C27H24N4O3S/c1-17(32)28-20-11-9-18(10-12-20)15-21(27(34)31-13-5-6-14-31)24-29-25(33)22-16-23(35-26(22)30-24)19-7-3-2-4-8-19/h2-4,7-12,15-16H,5-6,13-14H2,1H3,(H,28,32)(H,29,30,33). The van der Waals surface area contributed by atoms with Crippen LogP contribution in [0.5, 0.6) is 0 Å². The summed E-state index contributed by atoms with van der Waals surface area (Å²) in [7, 11) is 0. The number of anilines is 1. The molecule has 5 rings (SSSR count). The van der Waals surface area contributed by atoms with Gasteiger partial charge in [-0.05, 0) is 48.2 Å². The van der Waals surface area contributed by atoms with Crippen LogP contribution in [0.25, 0.3) is 32.3 Å². The van der Waals surface area contributed by atoms with Gasteiger partial charge in [-0.3, -0.25) is 14.4 Å². The summed E-state index contributed by atoms with van der Waals surface area (Å²) in [4.78, 5) is 48.7. The Morgan fingerprint density at radius 1 is 1.06 bits per heavy atom. The number of thiophene rings is 1. The summed E-state index contributed by atoms with van der Waals surface area (Å²) in [6.07, 6.45) is 3.66. The van der Waals surface area contributed by atoms with Crippen LogP contribution in [0.3, 0.4) is 0 Å². The van der Waals surface area contributed by atoms with E-state index in [2.05, 4.69) is 10.3 Å². The third-order valence-electron chi connectivity index (χ3n) is 5.88. The Morgan fingerprint density at radius 2 is 1.77 bits per heavy atom. The zero-order valence-corrected chi connectivity index (χ0v) is 20.0. The second-order valence-electron chi connectivity index (χ2n) is 8.47. The van der Waals surface area contributed by atoms with Crippen molar-refractivity contribution in [3.63, 3.8) is 0 Å². The van der Waals surface area contributed by atoms with Crippen LogP contribution < -0.4 is 10.9 Å². The topological polar surface area (TPSA) is 95.2 Å². The van der Waals surface area contributed by atoms with Crippen molar-refractivity contribution in [2.45, 2.75) is 19.8 Å². The zero-order chi connectivity index (χ0) is 24.4. The number of carbonyl (C=O) groups excluding carboxylic acids is 2. The van der Waals surface area contributed by atoms with Crippen molar-refractivity contribution in [2.75, 3.05) is 18.4 Å². The molecule has 8 heteroatoms. The number of hydrogen-bond acceptors (Lipinski definition) is 5. The Kier molecular flexibility index (Phi) is 6.29. The van der Waals surface area contributed by atoms with E-state index in [0.29, 0.717) is 34.6 Å². The normalized spacial score (nSPS) is 13.9. The number of fused-ring (bicyclic) bond motifs is 1. The first-order chi connectivity index (χ1) is 17.0. The monoisotopic (exact) mass is 484 g/mol. The van der Waals surface area contributed by atoms with E-state index in [1.165, 1.54) is 18.3 Å². The zero-order valence-electron chi connectivity index (χ0n) is 19.2. The lowest BCUT2D eigenvalue weighted by atomic mass is 10.1. The van der Waals surface area contributed by atoms with Gasteiger partial charge in [0.25, 0.3) is 11.5 Å². The SMILES string of the molecule is CC(=O)Nc1ccc(C=C(C(=O)N2CCCC2)c2nc3sc(-c4ccccc4)cc3c(=O)[nH]2)cc1. The van der Waals surface area contributed by atoms with Gasteiger partial charge in [0.1, 0.15) is 10.7 Å². The molecule has 1 saturated heterocycles. The van der Waals surface area contributed by atoms with Gasteiger partial charge in [-0.1, -0.05) is 42.5 Å². The number of benzene rings is 2.